The summed E-state index contributed by atoms with van der Waals surface area (Å²) in [6, 6.07) is 0.833. The number of rotatable bonds is 2. The summed E-state index contributed by atoms with van der Waals surface area (Å²) in [4.78, 5) is 10.8. The summed E-state index contributed by atoms with van der Waals surface area (Å²) in [6.45, 7) is 1.92. The van der Waals surface area contributed by atoms with Crippen molar-refractivity contribution >= 4 is 16.9 Å². The first-order valence-electron chi connectivity index (χ1n) is 6.72. The normalized spacial score (nSPS) is 23.7. The van der Waals surface area contributed by atoms with Gasteiger partial charge in [-0.15, -0.1) is 0 Å². The summed E-state index contributed by atoms with van der Waals surface area (Å²) >= 11 is 0. The SMILES string of the molecule is Cc1noc2ncnc(N(C)C3CCC(N)CC3)c12. The molecule has 0 amide bonds. The second-order valence-corrected chi connectivity index (χ2v) is 5.32. The highest BCUT2D eigenvalue weighted by atomic mass is 16.5. The van der Waals surface area contributed by atoms with Crippen LogP contribution in [-0.2, 0) is 0 Å². The van der Waals surface area contributed by atoms with E-state index in [-0.39, 0.29) is 0 Å². The smallest absolute Gasteiger partial charge is 0.263 e. The zero-order valence-corrected chi connectivity index (χ0v) is 11.3. The second kappa shape index (κ2) is 4.77. The minimum atomic E-state index is 0.354. The Hall–Kier alpha value is -1.69. The van der Waals surface area contributed by atoms with E-state index < -0.39 is 0 Å². The van der Waals surface area contributed by atoms with E-state index in [4.69, 9.17) is 10.3 Å². The molecule has 6 heteroatoms. The molecule has 19 heavy (non-hydrogen) atoms. The quantitative estimate of drug-likeness (QED) is 0.885. The molecule has 0 aromatic carbocycles. The fourth-order valence-electron chi connectivity index (χ4n) is 2.83. The van der Waals surface area contributed by atoms with Gasteiger partial charge in [0, 0.05) is 19.1 Å². The highest BCUT2D eigenvalue weighted by Gasteiger charge is 2.25. The lowest BCUT2D eigenvalue weighted by Crippen LogP contribution is -2.39. The molecule has 0 bridgehead atoms. The van der Waals surface area contributed by atoms with Crippen molar-refractivity contribution in [3.63, 3.8) is 0 Å². The Morgan fingerprint density at radius 2 is 2.00 bits per heavy atom. The molecule has 3 rings (SSSR count). The monoisotopic (exact) mass is 261 g/mol. The number of nitrogens with zero attached hydrogens (tertiary/aromatic N) is 4. The molecular weight excluding hydrogens is 242 g/mol. The zero-order valence-electron chi connectivity index (χ0n) is 11.3. The lowest BCUT2D eigenvalue weighted by Gasteiger charge is -2.34. The fraction of sp³-hybridized carbons (Fsp3) is 0.615. The van der Waals surface area contributed by atoms with Crippen LogP contribution < -0.4 is 10.6 Å². The molecule has 2 N–H and O–H groups in total. The molecule has 1 aliphatic rings. The van der Waals surface area contributed by atoms with Gasteiger partial charge in [0.05, 0.1) is 5.69 Å². The molecule has 1 fully saturated rings. The number of fused-ring (bicyclic) bond motifs is 1. The Kier molecular flexibility index (Phi) is 3.10. The third-order valence-electron chi connectivity index (χ3n) is 4.05. The molecule has 0 radical (unpaired) electrons. The molecule has 0 unspecified atom stereocenters. The van der Waals surface area contributed by atoms with Gasteiger partial charge in [-0.05, 0) is 32.6 Å². The summed E-state index contributed by atoms with van der Waals surface area (Å²) in [5.74, 6) is 0.907. The minimum Gasteiger partial charge on any atom is -0.356 e. The van der Waals surface area contributed by atoms with E-state index in [1.165, 1.54) is 6.33 Å². The summed E-state index contributed by atoms with van der Waals surface area (Å²) in [7, 11) is 2.08. The van der Waals surface area contributed by atoms with Gasteiger partial charge in [0.15, 0.2) is 0 Å². The molecule has 0 aliphatic heterocycles. The maximum atomic E-state index is 5.96. The van der Waals surface area contributed by atoms with Crippen LogP contribution in [0.4, 0.5) is 5.82 Å². The molecule has 1 saturated carbocycles. The molecule has 2 aromatic heterocycles. The molecule has 1 aliphatic carbocycles. The van der Waals surface area contributed by atoms with Gasteiger partial charge in [-0.3, -0.25) is 0 Å². The molecule has 2 heterocycles. The third kappa shape index (κ3) is 2.16. The van der Waals surface area contributed by atoms with Crippen molar-refractivity contribution in [1.29, 1.82) is 0 Å². The van der Waals surface area contributed by atoms with Crippen LogP contribution in [0, 0.1) is 6.92 Å². The lowest BCUT2D eigenvalue weighted by molar-refractivity contribution is 0.384. The van der Waals surface area contributed by atoms with Crippen LogP contribution in [0.3, 0.4) is 0 Å². The average molecular weight is 261 g/mol. The Morgan fingerprint density at radius 3 is 2.74 bits per heavy atom. The molecule has 0 saturated heterocycles. The van der Waals surface area contributed by atoms with E-state index in [2.05, 4.69) is 27.1 Å². The van der Waals surface area contributed by atoms with Crippen molar-refractivity contribution in [1.82, 2.24) is 15.1 Å². The van der Waals surface area contributed by atoms with Gasteiger partial charge in [0.25, 0.3) is 5.71 Å². The van der Waals surface area contributed by atoms with Crippen LogP contribution in [0.1, 0.15) is 31.4 Å². The number of nitrogens with two attached hydrogens (primary N) is 1. The van der Waals surface area contributed by atoms with E-state index in [1.54, 1.807) is 0 Å². The van der Waals surface area contributed by atoms with Crippen molar-refractivity contribution in [2.75, 3.05) is 11.9 Å². The lowest BCUT2D eigenvalue weighted by atomic mass is 9.91. The van der Waals surface area contributed by atoms with E-state index >= 15 is 0 Å². The Morgan fingerprint density at radius 1 is 1.26 bits per heavy atom. The van der Waals surface area contributed by atoms with E-state index in [0.717, 1.165) is 42.6 Å². The van der Waals surface area contributed by atoms with Gasteiger partial charge in [-0.1, -0.05) is 5.16 Å². The molecular formula is C13H19N5O. The summed E-state index contributed by atoms with van der Waals surface area (Å²) in [5.41, 5.74) is 7.36. The average Bonchev–Trinajstić information content (AvgIpc) is 2.81. The molecule has 0 spiro atoms. The van der Waals surface area contributed by atoms with Gasteiger partial charge in [0.2, 0.25) is 0 Å². The van der Waals surface area contributed by atoms with Crippen molar-refractivity contribution < 1.29 is 4.52 Å². The minimum absolute atomic E-state index is 0.354. The van der Waals surface area contributed by atoms with Gasteiger partial charge < -0.3 is 15.2 Å². The first-order chi connectivity index (χ1) is 9.16. The van der Waals surface area contributed by atoms with Crippen LogP contribution in [0.15, 0.2) is 10.9 Å². The van der Waals surface area contributed by atoms with Crippen LogP contribution in [-0.4, -0.2) is 34.3 Å². The van der Waals surface area contributed by atoms with Crippen molar-refractivity contribution in [3.05, 3.63) is 12.0 Å². The Balaban J connectivity index is 1.93. The van der Waals surface area contributed by atoms with E-state index in [0.29, 0.717) is 17.8 Å². The number of aromatic nitrogens is 3. The topological polar surface area (TPSA) is 81.1 Å². The first-order valence-corrected chi connectivity index (χ1v) is 6.72. The first kappa shape index (κ1) is 12.3. The summed E-state index contributed by atoms with van der Waals surface area (Å²) in [6.07, 6.45) is 5.89. The summed E-state index contributed by atoms with van der Waals surface area (Å²) in [5, 5.41) is 4.89. The van der Waals surface area contributed by atoms with Gasteiger partial charge in [0.1, 0.15) is 17.5 Å². The van der Waals surface area contributed by atoms with Crippen molar-refractivity contribution in [3.8, 4) is 0 Å². The fourth-order valence-corrected chi connectivity index (χ4v) is 2.83. The maximum absolute atomic E-state index is 5.96. The predicted molar refractivity (Wildman–Crippen MR) is 73.0 cm³/mol. The zero-order chi connectivity index (χ0) is 13.4. The molecule has 2 aromatic rings. The Bertz CT molecular complexity index is 573. The van der Waals surface area contributed by atoms with E-state index in [1.807, 2.05) is 6.92 Å². The van der Waals surface area contributed by atoms with Crippen molar-refractivity contribution in [2.45, 2.75) is 44.7 Å². The maximum Gasteiger partial charge on any atom is 0.263 e. The predicted octanol–water partition coefficient (Wildman–Crippen LogP) is 1.63. The van der Waals surface area contributed by atoms with Gasteiger partial charge in [-0.2, -0.15) is 4.98 Å². The number of hydrogen-bond acceptors (Lipinski definition) is 6. The third-order valence-corrected chi connectivity index (χ3v) is 4.05. The number of hydrogen-bond donors (Lipinski definition) is 1. The molecule has 0 atom stereocenters. The largest absolute Gasteiger partial charge is 0.356 e. The standard InChI is InChI=1S/C13H19N5O/c1-8-11-12(15-7-16-13(11)19-17-8)18(2)10-5-3-9(14)4-6-10/h7,9-10H,3-6,14H2,1-2H3. The van der Waals surface area contributed by atoms with Crippen LogP contribution in [0.25, 0.3) is 11.1 Å². The molecule has 102 valence electrons. The van der Waals surface area contributed by atoms with Crippen LogP contribution in [0.5, 0.6) is 0 Å². The van der Waals surface area contributed by atoms with Gasteiger partial charge in [-0.25, -0.2) is 4.98 Å². The van der Waals surface area contributed by atoms with Crippen molar-refractivity contribution in [2.24, 2.45) is 5.73 Å². The highest BCUT2D eigenvalue weighted by Crippen LogP contribution is 2.30. The van der Waals surface area contributed by atoms with E-state index in [9.17, 15) is 0 Å². The summed E-state index contributed by atoms with van der Waals surface area (Å²) < 4.78 is 5.20. The second-order valence-electron chi connectivity index (χ2n) is 5.32. The number of aryl methyl sites for hydroxylation is 1. The highest BCUT2D eigenvalue weighted by molar-refractivity contribution is 5.87. The van der Waals surface area contributed by atoms with Crippen LogP contribution >= 0.6 is 0 Å². The molecule has 6 nitrogen and oxygen atoms in total. The van der Waals surface area contributed by atoms with Gasteiger partial charge >= 0.3 is 0 Å². The van der Waals surface area contributed by atoms with Crippen LogP contribution in [0.2, 0.25) is 0 Å². The Labute approximate surface area is 112 Å². The number of anilines is 1.